The summed E-state index contributed by atoms with van der Waals surface area (Å²) in [5.74, 6) is -0.576. The molecule has 3 rings (SSSR count). The summed E-state index contributed by atoms with van der Waals surface area (Å²) in [6, 6.07) is 10.5. The van der Waals surface area contributed by atoms with Crippen LogP contribution in [0.1, 0.15) is 70.5 Å². The first-order valence-electron chi connectivity index (χ1n) is 13.1. The Morgan fingerprint density at radius 2 is 1.58 bits per heavy atom. The first-order valence-corrected chi connectivity index (χ1v) is 13.1. The van der Waals surface area contributed by atoms with Gasteiger partial charge >= 0.3 is 6.09 Å². The van der Waals surface area contributed by atoms with Crippen LogP contribution in [0.25, 0.3) is 0 Å². The zero-order valence-electron chi connectivity index (χ0n) is 22.6. The number of nitrogens with one attached hydrogen (secondary N) is 2. The molecule has 1 aliphatic carbocycles. The van der Waals surface area contributed by atoms with Gasteiger partial charge in [0.2, 0.25) is 11.8 Å². The van der Waals surface area contributed by atoms with E-state index in [-0.39, 0.29) is 29.9 Å². The number of carbonyl (C=O) groups excluding carboxylic acids is 3. The summed E-state index contributed by atoms with van der Waals surface area (Å²) in [7, 11) is 0. The predicted octanol–water partition coefficient (Wildman–Crippen LogP) is 4.18. The lowest BCUT2D eigenvalue weighted by Crippen LogP contribution is -2.54. The van der Waals surface area contributed by atoms with Crippen molar-refractivity contribution in [1.29, 1.82) is 0 Å². The molecule has 0 heterocycles. The number of alkyl carbamates (subject to hydrolysis) is 1. The molecule has 1 saturated carbocycles. The molecule has 0 bridgehead atoms. The quantitative estimate of drug-likeness (QED) is 0.326. The smallest absolute Gasteiger partial charge is 0.408 e. The summed E-state index contributed by atoms with van der Waals surface area (Å²) < 4.78 is 5.43. The van der Waals surface area contributed by atoms with Crippen molar-refractivity contribution in [2.75, 3.05) is 6.54 Å². The molecule has 2 aromatic carbocycles. The van der Waals surface area contributed by atoms with Crippen molar-refractivity contribution in [2.45, 2.75) is 83.5 Å². The van der Waals surface area contributed by atoms with E-state index in [2.05, 4.69) is 10.6 Å². The van der Waals surface area contributed by atoms with Gasteiger partial charge in [0, 0.05) is 19.0 Å². The Kier molecular flexibility index (Phi) is 9.61. The summed E-state index contributed by atoms with van der Waals surface area (Å²) in [5, 5.41) is 25.2. The average Bonchev–Trinajstić information content (AvgIpc) is 3.68. The van der Waals surface area contributed by atoms with Gasteiger partial charge in [-0.15, -0.1) is 0 Å². The number of phenols is 2. The predicted molar refractivity (Wildman–Crippen MR) is 144 cm³/mol. The Labute approximate surface area is 224 Å². The van der Waals surface area contributed by atoms with Crippen molar-refractivity contribution in [3.05, 3.63) is 59.7 Å². The number of amides is 3. The van der Waals surface area contributed by atoms with Crippen LogP contribution in [0.3, 0.4) is 0 Å². The number of nitrogens with zero attached hydrogens (tertiary/aromatic N) is 1. The SMILES string of the molecule is CCCCNC(=O)C(c1ccc(O)cc1)N(C(=O)C(Cc1ccc(O)cc1)NC(=O)OC(C)(C)C)C1CC1. The number of carbonyl (C=O) groups is 3. The molecule has 9 nitrogen and oxygen atoms in total. The Morgan fingerprint density at radius 1 is 1.00 bits per heavy atom. The van der Waals surface area contributed by atoms with Crippen LogP contribution in [0.4, 0.5) is 4.79 Å². The van der Waals surface area contributed by atoms with Crippen LogP contribution in [0.2, 0.25) is 0 Å². The van der Waals surface area contributed by atoms with E-state index in [0.717, 1.165) is 31.2 Å². The number of unbranched alkanes of at least 4 members (excludes halogenated alkanes) is 1. The number of rotatable bonds is 11. The van der Waals surface area contributed by atoms with Crippen molar-refractivity contribution in [1.82, 2.24) is 15.5 Å². The molecular formula is C29H39N3O6. The third-order valence-electron chi connectivity index (χ3n) is 6.12. The maximum atomic E-state index is 14.2. The molecule has 206 valence electrons. The fourth-order valence-electron chi connectivity index (χ4n) is 4.15. The highest BCUT2D eigenvalue weighted by molar-refractivity contribution is 5.92. The number of benzene rings is 2. The average molecular weight is 526 g/mol. The molecule has 2 aromatic rings. The Balaban J connectivity index is 1.97. The maximum Gasteiger partial charge on any atom is 0.408 e. The van der Waals surface area contributed by atoms with Crippen LogP contribution in [0, 0.1) is 0 Å². The molecule has 0 aromatic heterocycles. The lowest BCUT2D eigenvalue weighted by Gasteiger charge is -2.35. The second kappa shape index (κ2) is 12.7. The van der Waals surface area contributed by atoms with Gasteiger partial charge in [-0.1, -0.05) is 37.6 Å². The van der Waals surface area contributed by atoms with Gasteiger partial charge in [0.1, 0.15) is 29.2 Å². The molecule has 3 amide bonds. The number of hydrogen-bond acceptors (Lipinski definition) is 6. The third kappa shape index (κ3) is 8.39. The minimum absolute atomic E-state index is 0.0555. The van der Waals surface area contributed by atoms with Gasteiger partial charge in [0.15, 0.2) is 0 Å². The molecule has 38 heavy (non-hydrogen) atoms. The zero-order chi connectivity index (χ0) is 27.9. The molecular weight excluding hydrogens is 486 g/mol. The monoisotopic (exact) mass is 525 g/mol. The Hall–Kier alpha value is -3.75. The minimum Gasteiger partial charge on any atom is -0.508 e. The van der Waals surface area contributed by atoms with E-state index in [0.29, 0.717) is 12.1 Å². The van der Waals surface area contributed by atoms with Crippen LogP contribution in [-0.4, -0.2) is 57.3 Å². The minimum atomic E-state index is -1.02. The van der Waals surface area contributed by atoms with Crippen LogP contribution in [-0.2, 0) is 20.7 Å². The van der Waals surface area contributed by atoms with Crippen molar-refractivity contribution in [2.24, 2.45) is 0 Å². The van der Waals surface area contributed by atoms with E-state index in [1.54, 1.807) is 49.9 Å². The van der Waals surface area contributed by atoms with E-state index in [1.807, 2.05) is 6.92 Å². The van der Waals surface area contributed by atoms with Crippen LogP contribution >= 0.6 is 0 Å². The van der Waals surface area contributed by atoms with Gasteiger partial charge in [-0.05, 0) is 75.4 Å². The molecule has 0 radical (unpaired) electrons. The zero-order valence-corrected chi connectivity index (χ0v) is 22.6. The first kappa shape index (κ1) is 28.8. The largest absolute Gasteiger partial charge is 0.508 e. The lowest BCUT2D eigenvalue weighted by molar-refractivity contribution is -0.143. The second-order valence-electron chi connectivity index (χ2n) is 10.7. The summed E-state index contributed by atoms with van der Waals surface area (Å²) >= 11 is 0. The van der Waals surface area contributed by atoms with Crippen LogP contribution < -0.4 is 10.6 Å². The molecule has 0 saturated heterocycles. The van der Waals surface area contributed by atoms with Crippen molar-refractivity contribution >= 4 is 17.9 Å². The molecule has 1 aliphatic rings. The van der Waals surface area contributed by atoms with E-state index in [4.69, 9.17) is 4.74 Å². The van der Waals surface area contributed by atoms with Gasteiger partial charge in [-0.2, -0.15) is 0 Å². The fourth-order valence-corrected chi connectivity index (χ4v) is 4.15. The molecule has 0 spiro atoms. The van der Waals surface area contributed by atoms with E-state index >= 15 is 0 Å². The van der Waals surface area contributed by atoms with Gasteiger partial charge in [0.25, 0.3) is 0 Å². The van der Waals surface area contributed by atoms with Crippen molar-refractivity contribution in [3.63, 3.8) is 0 Å². The van der Waals surface area contributed by atoms with Gasteiger partial charge in [-0.25, -0.2) is 4.79 Å². The van der Waals surface area contributed by atoms with Crippen LogP contribution in [0.15, 0.2) is 48.5 Å². The first-order chi connectivity index (χ1) is 18.0. The second-order valence-corrected chi connectivity index (χ2v) is 10.7. The van der Waals surface area contributed by atoms with Crippen molar-refractivity contribution < 1.29 is 29.3 Å². The molecule has 4 N–H and O–H groups in total. The topological polar surface area (TPSA) is 128 Å². The van der Waals surface area contributed by atoms with Gasteiger partial charge < -0.3 is 30.5 Å². The molecule has 0 aliphatic heterocycles. The third-order valence-corrected chi connectivity index (χ3v) is 6.12. The van der Waals surface area contributed by atoms with E-state index < -0.39 is 29.7 Å². The number of phenolic OH excluding ortho intramolecular Hbond substituents is 2. The van der Waals surface area contributed by atoms with E-state index in [9.17, 15) is 24.6 Å². The number of aromatic hydroxyl groups is 2. The highest BCUT2D eigenvalue weighted by atomic mass is 16.6. The van der Waals surface area contributed by atoms with Crippen molar-refractivity contribution in [3.8, 4) is 11.5 Å². The van der Waals surface area contributed by atoms with E-state index in [1.165, 1.54) is 24.3 Å². The number of ether oxygens (including phenoxy) is 1. The molecule has 2 unspecified atom stereocenters. The van der Waals surface area contributed by atoms with Gasteiger partial charge in [-0.3, -0.25) is 9.59 Å². The fraction of sp³-hybridized carbons (Fsp3) is 0.483. The summed E-state index contributed by atoms with van der Waals surface area (Å²) in [5.41, 5.74) is 0.527. The maximum absolute atomic E-state index is 14.2. The van der Waals surface area contributed by atoms with Crippen LogP contribution in [0.5, 0.6) is 11.5 Å². The summed E-state index contributed by atoms with van der Waals surface area (Å²) in [4.78, 5) is 42.0. The molecule has 2 atom stereocenters. The highest BCUT2D eigenvalue weighted by Crippen LogP contribution is 2.36. The Bertz CT molecular complexity index is 1090. The normalized spacial score (nSPS) is 14.7. The summed E-state index contributed by atoms with van der Waals surface area (Å²) in [6.45, 7) is 7.72. The lowest BCUT2D eigenvalue weighted by atomic mass is 10.00. The molecule has 1 fully saturated rings. The number of hydrogen-bond donors (Lipinski definition) is 4. The molecule has 9 heteroatoms. The highest BCUT2D eigenvalue weighted by Gasteiger charge is 2.44. The standard InChI is InChI=1S/C29H39N3O6/c1-5-6-17-30-26(35)25(20-9-15-23(34)16-10-20)32(21-11-12-21)27(36)24(31-28(37)38-29(2,3)4)18-19-7-13-22(33)14-8-19/h7-10,13-16,21,24-25,33-34H,5-6,11-12,17-18H2,1-4H3,(H,30,35)(H,31,37). The summed E-state index contributed by atoms with van der Waals surface area (Å²) in [6.07, 6.45) is 2.58. The van der Waals surface area contributed by atoms with Gasteiger partial charge in [0.05, 0.1) is 0 Å². The Morgan fingerprint density at radius 3 is 2.11 bits per heavy atom.